The zero-order chi connectivity index (χ0) is 17.0. The van der Waals surface area contributed by atoms with E-state index >= 15 is 0 Å². The van der Waals surface area contributed by atoms with Gasteiger partial charge in [0.25, 0.3) is 16.0 Å². The van der Waals surface area contributed by atoms with Crippen LogP contribution < -0.4 is 5.84 Å². The molecule has 3 rings (SSSR count). The van der Waals surface area contributed by atoms with E-state index in [9.17, 15) is 13.2 Å². The van der Waals surface area contributed by atoms with Crippen molar-refractivity contribution in [1.29, 1.82) is 0 Å². The molecule has 0 aliphatic carbocycles. The molecule has 1 aliphatic rings. The van der Waals surface area contributed by atoms with E-state index in [1.165, 1.54) is 17.1 Å². The summed E-state index contributed by atoms with van der Waals surface area (Å²) in [7, 11) is -4.02. The molecule has 1 amide bonds. The fourth-order valence-corrected chi connectivity index (χ4v) is 2.63. The summed E-state index contributed by atoms with van der Waals surface area (Å²) >= 11 is 0. The minimum atomic E-state index is -4.02. The molecule has 1 heterocycles. The molecule has 0 radical (unpaired) electrons. The van der Waals surface area contributed by atoms with Gasteiger partial charge < -0.3 is 0 Å². The lowest BCUT2D eigenvalue weighted by molar-refractivity contribution is 0.0740. The molecular weight excluding hydrogens is 316 g/mol. The normalized spacial score (nSPS) is 13.9. The molecule has 6 nitrogen and oxygen atoms in total. The third-order valence-corrected chi connectivity index (χ3v) is 4.32. The lowest BCUT2D eigenvalue weighted by Crippen LogP contribution is -2.42. The number of hydrogen-bond donors (Lipinski definition) is 2. The van der Waals surface area contributed by atoms with Gasteiger partial charge in [0.15, 0.2) is 0 Å². The predicted molar refractivity (Wildman–Crippen MR) is 86.4 cm³/mol. The molecule has 0 saturated heterocycles. The number of nitrogens with two attached hydrogens (primary N) is 1. The van der Waals surface area contributed by atoms with E-state index in [0.29, 0.717) is 6.54 Å². The van der Waals surface area contributed by atoms with Crippen LogP contribution in [0.1, 0.15) is 21.5 Å². The third-order valence-electron chi connectivity index (χ3n) is 3.45. The van der Waals surface area contributed by atoms with E-state index in [4.69, 9.17) is 10.4 Å². The summed E-state index contributed by atoms with van der Waals surface area (Å²) < 4.78 is 29.6. The van der Waals surface area contributed by atoms with Crippen molar-refractivity contribution in [2.75, 3.05) is 6.54 Å². The Kier molecular flexibility index (Phi) is 5.15. The Labute approximate surface area is 135 Å². The van der Waals surface area contributed by atoms with Gasteiger partial charge in [-0.2, -0.15) is 8.42 Å². The van der Waals surface area contributed by atoms with Crippen LogP contribution in [0.15, 0.2) is 53.4 Å². The monoisotopic (exact) mass is 334 g/mol. The number of fused-ring (bicyclic) bond motifs is 1. The summed E-state index contributed by atoms with van der Waals surface area (Å²) in [5.74, 6) is 5.40. The van der Waals surface area contributed by atoms with Crippen molar-refractivity contribution in [3.63, 3.8) is 0 Å². The molecule has 23 heavy (non-hydrogen) atoms. The number of benzene rings is 2. The van der Waals surface area contributed by atoms with E-state index in [1.807, 2.05) is 31.2 Å². The smallest absolute Gasteiger partial charge is 0.282 e. The highest BCUT2D eigenvalue weighted by Gasteiger charge is 2.20. The summed E-state index contributed by atoms with van der Waals surface area (Å²) in [6.45, 7) is 2.46. The van der Waals surface area contributed by atoms with Crippen molar-refractivity contribution in [2.24, 2.45) is 5.84 Å². The lowest BCUT2D eigenvalue weighted by Gasteiger charge is -2.23. The van der Waals surface area contributed by atoms with Gasteiger partial charge in [-0.05, 0) is 37.1 Å². The Hall–Kier alpha value is -2.22. The molecule has 2 aromatic rings. The Morgan fingerprint density at radius 2 is 1.70 bits per heavy atom. The molecule has 7 heteroatoms. The van der Waals surface area contributed by atoms with Gasteiger partial charge in [0.05, 0.1) is 4.90 Å². The molecule has 0 saturated carbocycles. The van der Waals surface area contributed by atoms with E-state index in [2.05, 4.69) is 0 Å². The molecule has 0 unspecified atom stereocenters. The number of hydrazine groups is 1. The summed E-state index contributed by atoms with van der Waals surface area (Å²) in [6, 6.07) is 13.6. The number of amides is 1. The van der Waals surface area contributed by atoms with Crippen molar-refractivity contribution in [3.8, 4) is 0 Å². The first kappa shape index (κ1) is 17.1. The molecule has 0 bridgehead atoms. The molecule has 0 atom stereocenters. The maximum atomic E-state index is 11.4. The number of aryl methyl sites for hydroxylation is 1. The highest BCUT2D eigenvalue weighted by molar-refractivity contribution is 7.85. The summed E-state index contributed by atoms with van der Waals surface area (Å²) in [5.41, 5.74) is 2.80. The van der Waals surface area contributed by atoms with Crippen LogP contribution in [0.4, 0.5) is 0 Å². The fraction of sp³-hybridized carbons (Fsp3) is 0.188. The van der Waals surface area contributed by atoms with Crippen molar-refractivity contribution in [2.45, 2.75) is 18.2 Å². The van der Waals surface area contributed by atoms with Crippen LogP contribution in [-0.2, 0) is 16.5 Å². The van der Waals surface area contributed by atoms with Gasteiger partial charge in [-0.3, -0.25) is 14.4 Å². The van der Waals surface area contributed by atoms with Crippen molar-refractivity contribution in [1.82, 2.24) is 5.01 Å². The van der Waals surface area contributed by atoms with Crippen LogP contribution in [0.2, 0.25) is 0 Å². The van der Waals surface area contributed by atoms with E-state index < -0.39 is 10.1 Å². The molecule has 122 valence electrons. The first-order chi connectivity index (χ1) is 10.8. The quantitative estimate of drug-likeness (QED) is 0.470. The minimum absolute atomic E-state index is 0.0666. The summed E-state index contributed by atoms with van der Waals surface area (Å²) in [5, 5.41) is 1.27. The first-order valence-electron chi connectivity index (χ1n) is 6.97. The number of nitrogens with zero attached hydrogens (tertiary/aromatic N) is 1. The zero-order valence-electron chi connectivity index (χ0n) is 12.6. The Morgan fingerprint density at radius 1 is 1.09 bits per heavy atom. The highest BCUT2D eigenvalue weighted by atomic mass is 32.2. The SMILES string of the molecule is Cc1ccc(S(=O)(=O)O)cc1.NN1CCc2ccccc2C1=O. The van der Waals surface area contributed by atoms with Crippen LogP contribution >= 0.6 is 0 Å². The van der Waals surface area contributed by atoms with Crippen molar-refractivity contribution < 1.29 is 17.8 Å². The molecule has 0 fully saturated rings. The van der Waals surface area contributed by atoms with Crippen LogP contribution in [0.5, 0.6) is 0 Å². The Bertz CT molecular complexity index is 801. The second-order valence-electron chi connectivity index (χ2n) is 5.19. The van der Waals surface area contributed by atoms with Crippen molar-refractivity contribution >= 4 is 16.0 Å². The second-order valence-corrected chi connectivity index (χ2v) is 6.62. The second kappa shape index (κ2) is 6.91. The van der Waals surface area contributed by atoms with Crippen LogP contribution in [0, 0.1) is 6.92 Å². The number of carbonyl (C=O) groups excluding carboxylic acids is 1. The zero-order valence-corrected chi connectivity index (χ0v) is 13.5. The van der Waals surface area contributed by atoms with Crippen molar-refractivity contribution in [3.05, 3.63) is 65.2 Å². The standard InChI is InChI=1S/C9H10N2O.C7H8O3S/c10-11-6-5-7-3-1-2-4-8(7)9(11)12;1-6-2-4-7(5-3-6)11(8,9)10/h1-4H,5-6,10H2;2-5H,1H3,(H,8,9,10). The van der Waals surface area contributed by atoms with Gasteiger partial charge in [0, 0.05) is 12.1 Å². The maximum absolute atomic E-state index is 11.4. The lowest BCUT2D eigenvalue weighted by atomic mass is 10.0. The third kappa shape index (κ3) is 4.38. The summed E-state index contributed by atoms with van der Waals surface area (Å²) in [4.78, 5) is 11.4. The number of rotatable bonds is 1. The Morgan fingerprint density at radius 3 is 2.30 bits per heavy atom. The highest BCUT2D eigenvalue weighted by Crippen LogP contribution is 2.15. The van der Waals surface area contributed by atoms with E-state index in [-0.39, 0.29) is 10.8 Å². The molecule has 1 aliphatic heterocycles. The number of hydrogen-bond acceptors (Lipinski definition) is 4. The minimum Gasteiger partial charge on any atom is -0.282 e. The largest absolute Gasteiger partial charge is 0.294 e. The first-order valence-corrected chi connectivity index (χ1v) is 8.41. The van der Waals surface area contributed by atoms with Crippen LogP contribution in [-0.4, -0.2) is 30.4 Å². The van der Waals surface area contributed by atoms with Gasteiger partial charge in [-0.15, -0.1) is 0 Å². The van der Waals surface area contributed by atoms with Gasteiger partial charge in [-0.1, -0.05) is 35.9 Å². The average molecular weight is 334 g/mol. The summed E-state index contributed by atoms with van der Waals surface area (Å²) in [6.07, 6.45) is 0.860. The topological polar surface area (TPSA) is 101 Å². The molecule has 2 aromatic carbocycles. The maximum Gasteiger partial charge on any atom is 0.294 e. The number of carbonyl (C=O) groups is 1. The molecule has 3 N–H and O–H groups in total. The van der Waals surface area contributed by atoms with Gasteiger partial charge in [-0.25, -0.2) is 5.84 Å². The molecule has 0 spiro atoms. The molecular formula is C16H18N2O4S. The van der Waals surface area contributed by atoms with E-state index in [1.54, 1.807) is 12.1 Å². The van der Waals surface area contributed by atoms with E-state index in [0.717, 1.165) is 23.1 Å². The Balaban J connectivity index is 0.000000168. The molecule has 0 aromatic heterocycles. The fourth-order valence-electron chi connectivity index (χ4n) is 2.15. The van der Waals surface area contributed by atoms with Gasteiger partial charge >= 0.3 is 0 Å². The van der Waals surface area contributed by atoms with Gasteiger partial charge in [0.2, 0.25) is 0 Å². The van der Waals surface area contributed by atoms with Crippen LogP contribution in [0.25, 0.3) is 0 Å². The average Bonchev–Trinajstić information content (AvgIpc) is 2.51. The van der Waals surface area contributed by atoms with Crippen LogP contribution in [0.3, 0.4) is 0 Å². The van der Waals surface area contributed by atoms with Gasteiger partial charge in [0.1, 0.15) is 0 Å². The predicted octanol–water partition coefficient (Wildman–Crippen LogP) is 1.80.